The van der Waals surface area contributed by atoms with Gasteiger partial charge in [-0.1, -0.05) is 24.3 Å². The minimum absolute atomic E-state index is 0.0247. The summed E-state index contributed by atoms with van der Waals surface area (Å²) < 4.78 is 2.49. The van der Waals surface area contributed by atoms with Gasteiger partial charge in [-0.25, -0.2) is 4.79 Å². The van der Waals surface area contributed by atoms with Crippen molar-refractivity contribution in [3.8, 4) is 0 Å². The molecule has 4 nitrogen and oxygen atoms in total. The number of aliphatic hydroxyl groups is 1. The summed E-state index contributed by atoms with van der Waals surface area (Å²) in [6, 6.07) is 7.52. The van der Waals surface area contributed by atoms with E-state index in [-0.39, 0.29) is 12.3 Å². The SMILES string of the molecule is Cc1nc(=O)n(Cc2ccc(CO)cc2)c(C)c1Br. The normalized spacial score (nSPS) is 10.7. The molecule has 1 aromatic heterocycles. The molecular weight excluding hydrogens is 308 g/mol. The Kier molecular flexibility index (Phi) is 4.17. The first kappa shape index (κ1) is 14.0. The largest absolute Gasteiger partial charge is 0.392 e. The summed E-state index contributed by atoms with van der Waals surface area (Å²) in [5.74, 6) is 0. The predicted molar refractivity (Wildman–Crippen MR) is 77.1 cm³/mol. The first-order chi connectivity index (χ1) is 9.02. The van der Waals surface area contributed by atoms with Crippen LogP contribution >= 0.6 is 15.9 Å². The highest BCUT2D eigenvalue weighted by Crippen LogP contribution is 2.17. The Morgan fingerprint density at radius 2 is 1.79 bits per heavy atom. The fourth-order valence-corrected chi connectivity index (χ4v) is 2.20. The van der Waals surface area contributed by atoms with Crippen molar-refractivity contribution in [2.75, 3.05) is 0 Å². The van der Waals surface area contributed by atoms with Crippen LogP contribution in [0.25, 0.3) is 0 Å². The van der Waals surface area contributed by atoms with Gasteiger partial charge in [-0.15, -0.1) is 0 Å². The molecule has 0 spiro atoms. The van der Waals surface area contributed by atoms with Gasteiger partial charge in [0.2, 0.25) is 0 Å². The second-order valence-corrected chi connectivity index (χ2v) is 5.23. The molecule has 0 saturated heterocycles. The van der Waals surface area contributed by atoms with Crippen molar-refractivity contribution in [1.82, 2.24) is 9.55 Å². The van der Waals surface area contributed by atoms with E-state index in [0.29, 0.717) is 12.2 Å². The minimum atomic E-state index is -0.246. The highest BCUT2D eigenvalue weighted by molar-refractivity contribution is 9.10. The lowest BCUT2D eigenvalue weighted by Crippen LogP contribution is -2.26. The molecule has 0 radical (unpaired) electrons. The zero-order chi connectivity index (χ0) is 14.0. The summed E-state index contributed by atoms with van der Waals surface area (Å²) >= 11 is 3.45. The molecule has 1 heterocycles. The van der Waals surface area contributed by atoms with Gasteiger partial charge in [-0.05, 0) is 40.9 Å². The van der Waals surface area contributed by atoms with Crippen molar-refractivity contribution in [3.63, 3.8) is 0 Å². The average Bonchev–Trinajstić information content (AvgIpc) is 2.42. The molecule has 0 aliphatic heterocycles. The van der Waals surface area contributed by atoms with Crippen LogP contribution in [-0.4, -0.2) is 14.7 Å². The number of rotatable bonds is 3. The highest BCUT2D eigenvalue weighted by Gasteiger charge is 2.09. The first-order valence-corrected chi connectivity index (χ1v) is 6.74. The van der Waals surface area contributed by atoms with Gasteiger partial charge in [-0.3, -0.25) is 4.57 Å². The van der Waals surface area contributed by atoms with Gasteiger partial charge >= 0.3 is 5.69 Å². The van der Waals surface area contributed by atoms with E-state index in [4.69, 9.17) is 5.11 Å². The van der Waals surface area contributed by atoms with E-state index in [9.17, 15) is 4.79 Å². The lowest BCUT2D eigenvalue weighted by molar-refractivity contribution is 0.282. The third-order valence-electron chi connectivity index (χ3n) is 3.08. The van der Waals surface area contributed by atoms with Gasteiger partial charge in [0.1, 0.15) is 0 Å². The Labute approximate surface area is 119 Å². The number of halogens is 1. The molecule has 0 aliphatic rings. The molecule has 0 bridgehead atoms. The molecule has 5 heteroatoms. The van der Waals surface area contributed by atoms with E-state index in [0.717, 1.165) is 21.3 Å². The van der Waals surface area contributed by atoms with Crippen LogP contribution in [0.1, 0.15) is 22.5 Å². The van der Waals surface area contributed by atoms with Gasteiger partial charge in [0, 0.05) is 5.69 Å². The first-order valence-electron chi connectivity index (χ1n) is 5.95. The van der Waals surface area contributed by atoms with E-state index in [1.165, 1.54) is 0 Å². The lowest BCUT2D eigenvalue weighted by Gasteiger charge is -2.12. The summed E-state index contributed by atoms with van der Waals surface area (Å²) in [5.41, 5.74) is 3.18. The number of aliphatic hydroxyl groups excluding tert-OH is 1. The van der Waals surface area contributed by atoms with E-state index < -0.39 is 0 Å². The molecule has 100 valence electrons. The molecule has 2 rings (SSSR count). The quantitative estimate of drug-likeness (QED) is 0.942. The third kappa shape index (κ3) is 2.93. The summed E-state index contributed by atoms with van der Waals surface area (Å²) in [5, 5.41) is 9.00. The number of nitrogens with zero attached hydrogens (tertiary/aromatic N) is 2. The van der Waals surface area contributed by atoms with Gasteiger partial charge in [0.15, 0.2) is 0 Å². The summed E-state index contributed by atoms with van der Waals surface area (Å²) in [6.45, 7) is 4.19. The van der Waals surface area contributed by atoms with E-state index in [1.54, 1.807) is 11.5 Å². The number of hydrogen-bond acceptors (Lipinski definition) is 3. The van der Waals surface area contributed by atoms with E-state index >= 15 is 0 Å². The highest BCUT2D eigenvalue weighted by atomic mass is 79.9. The van der Waals surface area contributed by atoms with Crippen LogP contribution in [-0.2, 0) is 13.2 Å². The molecule has 0 saturated carbocycles. The van der Waals surface area contributed by atoms with Crippen LogP contribution in [0.2, 0.25) is 0 Å². The Bertz CT molecular complexity index is 648. The number of aromatic nitrogens is 2. The number of benzene rings is 1. The van der Waals surface area contributed by atoms with Crippen LogP contribution in [0, 0.1) is 13.8 Å². The summed E-state index contributed by atoms with van der Waals surface area (Å²) in [6.07, 6.45) is 0. The van der Waals surface area contributed by atoms with Gasteiger partial charge in [-0.2, -0.15) is 4.98 Å². The van der Waals surface area contributed by atoms with Crippen LogP contribution in [0.3, 0.4) is 0 Å². The number of hydrogen-bond donors (Lipinski definition) is 1. The monoisotopic (exact) mass is 322 g/mol. The topological polar surface area (TPSA) is 55.1 Å². The van der Waals surface area contributed by atoms with Crippen molar-refractivity contribution in [1.29, 1.82) is 0 Å². The number of aryl methyl sites for hydroxylation is 1. The minimum Gasteiger partial charge on any atom is -0.392 e. The second kappa shape index (κ2) is 5.67. The zero-order valence-corrected chi connectivity index (χ0v) is 12.4. The van der Waals surface area contributed by atoms with Crippen molar-refractivity contribution in [2.24, 2.45) is 0 Å². The molecule has 19 heavy (non-hydrogen) atoms. The fourth-order valence-electron chi connectivity index (χ4n) is 1.90. The molecular formula is C14H15BrN2O2. The van der Waals surface area contributed by atoms with Crippen LogP contribution in [0.15, 0.2) is 33.5 Å². The fraction of sp³-hybridized carbons (Fsp3) is 0.286. The second-order valence-electron chi connectivity index (χ2n) is 4.44. The molecule has 0 aliphatic carbocycles. The summed E-state index contributed by atoms with van der Waals surface area (Å²) in [4.78, 5) is 15.9. The van der Waals surface area contributed by atoms with Gasteiger partial charge < -0.3 is 5.11 Å². The van der Waals surface area contributed by atoms with Crippen LogP contribution in [0.5, 0.6) is 0 Å². The molecule has 2 aromatic rings. The Hall–Kier alpha value is -1.46. The maximum absolute atomic E-state index is 11.9. The van der Waals surface area contributed by atoms with Gasteiger partial charge in [0.05, 0.1) is 23.3 Å². The molecule has 0 unspecified atom stereocenters. The van der Waals surface area contributed by atoms with Gasteiger partial charge in [0.25, 0.3) is 0 Å². The smallest absolute Gasteiger partial charge is 0.348 e. The maximum atomic E-state index is 11.9. The Morgan fingerprint density at radius 3 is 2.37 bits per heavy atom. The average molecular weight is 323 g/mol. The van der Waals surface area contributed by atoms with Crippen molar-refractivity contribution in [2.45, 2.75) is 27.0 Å². The standard InChI is InChI=1S/C14H15BrN2O2/c1-9-13(15)10(2)17(14(19)16-9)7-11-3-5-12(8-18)6-4-11/h3-6,18H,7-8H2,1-2H3. The molecule has 1 aromatic carbocycles. The van der Waals surface area contributed by atoms with Crippen molar-refractivity contribution in [3.05, 3.63) is 61.7 Å². The third-order valence-corrected chi connectivity index (χ3v) is 4.23. The maximum Gasteiger partial charge on any atom is 0.348 e. The molecule has 0 atom stereocenters. The van der Waals surface area contributed by atoms with Crippen LogP contribution in [0.4, 0.5) is 0 Å². The molecule has 1 N–H and O–H groups in total. The predicted octanol–water partition coefficient (Wildman–Crippen LogP) is 2.16. The van der Waals surface area contributed by atoms with Crippen molar-refractivity contribution < 1.29 is 5.11 Å². The Morgan fingerprint density at radius 1 is 1.21 bits per heavy atom. The lowest BCUT2D eigenvalue weighted by atomic mass is 10.1. The zero-order valence-electron chi connectivity index (χ0n) is 10.9. The van der Waals surface area contributed by atoms with Crippen molar-refractivity contribution >= 4 is 15.9 Å². The van der Waals surface area contributed by atoms with E-state index in [2.05, 4.69) is 20.9 Å². The van der Waals surface area contributed by atoms with Crippen LogP contribution < -0.4 is 5.69 Å². The summed E-state index contributed by atoms with van der Waals surface area (Å²) in [7, 11) is 0. The molecule has 0 amide bonds. The molecule has 0 fully saturated rings. The van der Waals surface area contributed by atoms with E-state index in [1.807, 2.05) is 31.2 Å². The Balaban J connectivity index is 2.38.